The highest BCUT2D eigenvalue weighted by atomic mass is 35.5. The van der Waals surface area contributed by atoms with E-state index < -0.39 is 0 Å². The van der Waals surface area contributed by atoms with Crippen LogP contribution in [0.5, 0.6) is 0 Å². The van der Waals surface area contributed by atoms with Crippen LogP contribution in [0, 0.1) is 11.6 Å². The fourth-order valence-corrected chi connectivity index (χ4v) is 2.85. The van der Waals surface area contributed by atoms with Crippen LogP contribution < -0.4 is 0 Å². The molecular weight excluding hydrogens is 358 g/mol. The topological polar surface area (TPSA) is 35.6 Å². The fraction of sp³-hybridized carbons (Fsp3) is 0.0526. The summed E-state index contributed by atoms with van der Waals surface area (Å²) in [6, 6.07) is 14.2. The van der Waals surface area contributed by atoms with Crippen LogP contribution in [-0.2, 0) is 6.67 Å². The van der Waals surface area contributed by atoms with Crippen LogP contribution in [0.3, 0.4) is 0 Å². The predicted molar refractivity (Wildman–Crippen MR) is 95.7 cm³/mol. The fourth-order valence-electron chi connectivity index (χ4n) is 2.69. The molecule has 2 aromatic carbocycles. The van der Waals surface area contributed by atoms with E-state index in [2.05, 4.69) is 10.2 Å². The molecule has 130 valence electrons. The van der Waals surface area contributed by atoms with Gasteiger partial charge in [-0.15, -0.1) is 0 Å². The Labute approximate surface area is 153 Å². The second-order valence-electron chi connectivity index (χ2n) is 5.77. The van der Waals surface area contributed by atoms with E-state index in [1.54, 1.807) is 46.0 Å². The van der Waals surface area contributed by atoms with Gasteiger partial charge in [0.15, 0.2) is 0 Å². The van der Waals surface area contributed by atoms with Crippen molar-refractivity contribution in [3.63, 3.8) is 0 Å². The molecule has 4 rings (SSSR count). The Bertz CT molecular complexity index is 1040. The molecule has 0 fully saturated rings. The Balaban J connectivity index is 1.78. The molecule has 4 aromatic rings. The summed E-state index contributed by atoms with van der Waals surface area (Å²) in [6.07, 6.45) is 3.23. The minimum absolute atomic E-state index is 0.307. The van der Waals surface area contributed by atoms with Gasteiger partial charge in [0.2, 0.25) is 0 Å². The number of hydrogen-bond donors (Lipinski definition) is 0. The highest BCUT2D eigenvalue weighted by molar-refractivity contribution is 6.30. The van der Waals surface area contributed by atoms with E-state index in [4.69, 9.17) is 11.6 Å². The summed E-state index contributed by atoms with van der Waals surface area (Å²) in [7, 11) is 0. The molecule has 0 saturated heterocycles. The zero-order valence-electron chi connectivity index (χ0n) is 13.5. The summed E-state index contributed by atoms with van der Waals surface area (Å²) in [5.74, 6) is -0.615. The molecule has 0 bridgehead atoms. The predicted octanol–water partition coefficient (Wildman–Crippen LogP) is 4.85. The molecule has 0 radical (unpaired) electrons. The van der Waals surface area contributed by atoms with Crippen molar-refractivity contribution in [1.82, 2.24) is 19.6 Å². The summed E-state index contributed by atoms with van der Waals surface area (Å²) < 4.78 is 29.9. The first kappa shape index (κ1) is 16.5. The van der Waals surface area contributed by atoms with Gasteiger partial charge in [0.25, 0.3) is 0 Å². The second-order valence-corrected chi connectivity index (χ2v) is 6.20. The SMILES string of the molecule is Fc1ccc(-c2cc(-c3ccc(F)cc3)n(Cn3cc(Cl)cn3)n2)cc1. The van der Waals surface area contributed by atoms with Gasteiger partial charge >= 0.3 is 0 Å². The van der Waals surface area contributed by atoms with E-state index in [0.29, 0.717) is 17.4 Å². The van der Waals surface area contributed by atoms with Crippen molar-refractivity contribution < 1.29 is 8.78 Å². The van der Waals surface area contributed by atoms with Crippen LogP contribution in [0.4, 0.5) is 8.78 Å². The maximum atomic E-state index is 13.3. The van der Waals surface area contributed by atoms with Gasteiger partial charge in [0.05, 0.1) is 22.6 Å². The maximum absolute atomic E-state index is 13.3. The van der Waals surface area contributed by atoms with Crippen molar-refractivity contribution >= 4 is 11.6 Å². The van der Waals surface area contributed by atoms with Gasteiger partial charge in [-0.3, -0.25) is 0 Å². The summed E-state index contributed by atoms with van der Waals surface area (Å²) >= 11 is 5.93. The van der Waals surface area contributed by atoms with E-state index in [0.717, 1.165) is 16.8 Å². The van der Waals surface area contributed by atoms with Crippen molar-refractivity contribution in [2.45, 2.75) is 6.67 Å². The lowest BCUT2D eigenvalue weighted by molar-refractivity contribution is 0.508. The van der Waals surface area contributed by atoms with Gasteiger partial charge in [-0.25, -0.2) is 18.1 Å². The van der Waals surface area contributed by atoms with Gasteiger partial charge in [-0.2, -0.15) is 10.2 Å². The molecule has 2 heterocycles. The van der Waals surface area contributed by atoms with Crippen LogP contribution >= 0.6 is 11.6 Å². The minimum atomic E-state index is -0.308. The van der Waals surface area contributed by atoms with E-state index in [-0.39, 0.29) is 11.6 Å². The van der Waals surface area contributed by atoms with Gasteiger partial charge in [0, 0.05) is 17.3 Å². The summed E-state index contributed by atoms with van der Waals surface area (Å²) in [6.45, 7) is 0.334. The van der Waals surface area contributed by atoms with Crippen molar-refractivity contribution in [3.8, 4) is 22.5 Å². The molecule has 0 aliphatic carbocycles. The standard InChI is InChI=1S/C19H13ClF2N4/c20-15-10-23-25(11-15)12-26-19(14-3-7-17(22)8-4-14)9-18(24-26)13-1-5-16(21)6-2-13/h1-11H,12H2. The van der Waals surface area contributed by atoms with Crippen LogP contribution in [-0.4, -0.2) is 19.6 Å². The van der Waals surface area contributed by atoms with Crippen LogP contribution in [0.2, 0.25) is 5.02 Å². The average molecular weight is 371 g/mol. The van der Waals surface area contributed by atoms with E-state index in [1.165, 1.54) is 24.3 Å². The Hall–Kier alpha value is -2.99. The molecular formula is C19H13ClF2N4. The van der Waals surface area contributed by atoms with Gasteiger partial charge in [0.1, 0.15) is 18.3 Å². The van der Waals surface area contributed by atoms with Crippen molar-refractivity contribution in [2.24, 2.45) is 0 Å². The summed E-state index contributed by atoms with van der Waals surface area (Å²) in [4.78, 5) is 0. The van der Waals surface area contributed by atoms with Crippen LogP contribution in [0.15, 0.2) is 67.0 Å². The van der Waals surface area contributed by atoms with Crippen molar-refractivity contribution in [1.29, 1.82) is 0 Å². The number of rotatable bonds is 4. The number of hydrogen-bond acceptors (Lipinski definition) is 2. The molecule has 0 aliphatic rings. The molecule has 26 heavy (non-hydrogen) atoms. The smallest absolute Gasteiger partial charge is 0.133 e. The van der Waals surface area contributed by atoms with Crippen molar-refractivity contribution in [3.05, 3.63) is 83.6 Å². The molecule has 7 heteroatoms. The maximum Gasteiger partial charge on any atom is 0.133 e. The molecule has 0 spiro atoms. The third-order valence-corrected chi connectivity index (χ3v) is 4.14. The molecule has 0 N–H and O–H groups in total. The van der Waals surface area contributed by atoms with Gasteiger partial charge in [-0.1, -0.05) is 11.6 Å². The zero-order valence-corrected chi connectivity index (χ0v) is 14.2. The number of benzene rings is 2. The van der Waals surface area contributed by atoms with E-state index >= 15 is 0 Å². The molecule has 2 aromatic heterocycles. The first-order valence-electron chi connectivity index (χ1n) is 7.86. The van der Waals surface area contributed by atoms with E-state index in [9.17, 15) is 8.78 Å². The summed E-state index contributed by atoms with van der Waals surface area (Å²) in [5.41, 5.74) is 3.07. The highest BCUT2D eigenvalue weighted by Gasteiger charge is 2.13. The Morgan fingerprint density at radius 1 is 0.885 bits per heavy atom. The lowest BCUT2D eigenvalue weighted by Gasteiger charge is -2.07. The minimum Gasteiger partial charge on any atom is -0.250 e. The molecule has 4 nitrogen and oxygen atoms in total. The molecule has 0 saturated carbocycles. The van der Waals surface area contributed by atoms with Crippen LogP contribution in [0.25, 0.3) is 22.5 Å². The number of aromatic nitrogens is 4. The first-order valence-corrected chi connectivity index (χ1v) is 8.24. The average Bonchev–Trinajstić information content (AvgIpc) is 3.23. The van der Waals surface area contributed by atoms with Crippen LogP contribution in [0.1, 0.15) is 0 Å². The normalized spacial score (nSPS) is 11.0. The second kappa shape index (κ2) is 6.72. The lowest BCUT2D eigenvalue weighted by atomic mass is 10.1. The molecule has 0 unspecified atom stereocenters. The van der Waals surface area contributed by atoms with Crippen molar-refractivity contribution in [2.75, 3.05) is 0 Å². The monoisotopic (exact) mass is 370 g/mol. The van der Waals surface area contributed by atoms with E-state index in [1.807, 2.05) is 6.07 Å². The number of halogens is 3. The quantitative estimate of drug-likeness (QED) is 0.514. The Morgan fingerprint density at radius 2 is 1.50 bits per heavy atom. The third kappa shape index (κ3) is 3.36. The number of nitrogens with zero attached hydrogens (tertiary/aromatic N) is 4. The molecule has 0 atom stereocenters. The molecule has 0 amide bonds. The first-order chi connectivity index (χ1) is 12.6. The lowest BCUT2D eigenvalue weighted by Crippen LogP contribution is -2.11. The summed E-state index contributed by atoms with van der Waals surface area (Å²) in [5, 5.41) is 9.30. The van der Waals surface area contributed by atoms with Gasteiger partial charge in [-0.05, 0) is 54.6 Å². The largest absolute Gasteiger partial charge is 0.250 e. The third-order valence-electron chi connectivity index (χ3n) is 3.94. The Morgan fingerprint density at radius 3 is 2.08 bits per heavy atom. The Kier molecular flexibility index (Phi) is 4.26. The zero-order chi connectivity index (χ0) is 18.1. The highest BCUT2D eigenvalue weighted by Crippen LogP contribution is 2.27. The van der Waals surface area contributed by atoms with Gasteiger partial charge < -0.3 is 0 Å². The molecule has 0 aliphatic heterocycles.